The van der Waals surface area contributed by atoms with E-state index in [0.29, 0.717) is 0 Å². The van der Waals surface area contributed by atoms with E-state index in [9.17, 15) is 9.59 Å². The van der Waals surface area contributed by atoms with Crippen LogP contribution in [0.5, 0.6) is 5.75 Å². The second-order valence-corrected chi connectivity index (χ2v) is 5.05. The van der Waals surface area contributed by atoms with Crippen LogP contribution in [0, 0.1) is 0 Å². The lowest BCUT2D eigenvalue weighted by atomic mass is 10.1. The van der Waals surface area contributed by atoms with Crippen LogP contribution >= 0.6 is 0 Å². The number of nitrogens with one attached hydrogen (secondary N) is 1. The summed E-state index contributed by atoms with van der Waals surface area (Å²) in [6.07, 6.45) is 4.25. The van der Waals surface area contributed by atoms with Crippen molar-refractivity contribution in [3.63, 3.8) is 0 Å². The largest absolute Gasteiger partial charge is 0.493 e. The van der Waals surface area contributed by atoms with Gasteiger partial charge in [0.05, 0.1) is 6.61 Å². The summed E-state index contributed by atoms with van der Waals surface area (Å²) in [7, 11) is 0. The topological polar surface area (TPSA) is 78.9 Å². The van der Waals surface area contributed by atoms with Crippen LogP contribution in [-0.4, -0.2) is 42.2 Å². The maximum absolute atomic E-state index is 10.4. The second kappa shape index (κ2) is 7.64. The lowest BCUT2D eigenvalue weighted by molar-refractivity contribution is 0.112. The number of hydrogen-bond donors (Lipinski definition) is 2. The fourth-order valence-electron chi connectivity index (χ4n) is 2.42. The van der Waals surface area contributed by atoms with E-state index < -0.39 is 6.09 Å². The van der Waals surface area contributed by atoms with E-state index in [4.69, 9.17) is 9.84 Å². The van der Waals surface area contributed by atoms with Crippen LogP contribution < -0.4 is 10.2 Å². The predicted molar refractivity (Wildman–Crippen MR) is 77.6 cm³/mol. The molecule has 114 valence electrons. The van der Waals surface area contributed by atoms with Gasteiger partial charge in [0.1, 0.15) is 12.0 Å². The Bertz CT molecular complexity index is 498. The minimum absolute atomic E-state index is 0.731. The van der Waals surface area contributed by atoms with Crippen molar-refractivity contribution >= 4 is 12.4 Å². The molecule has 0 saturated carbocycles. The van der Waals surface area contributed by atoms with Gasteiger partial charge in [-0.3, -0.25) is 10.2 Å². The zero-order chi connectivity index (χ0) is 15.1. The van der Waals surface area contributed by atoms with E-state index >= 15 is 0 Å². The molecule has 0 unspecified atom stereocenters. The Balaban J connectivity index is 0.000000155. The summed E-state index contributed by atoms with van der Waals surface area (Å²) in [5.41, 5.74) is 4.21. The molecule has 2 aliphatic heterocycles. The van der Waals surface area contributed by atoms with Crippen LogP contribution in [0.4, 0.5) is 4.79 Å². The van der Waals surface area contributed by atoms with E-state index in [1.54, 1.807) is 11.1 Å². The van der Waals surface area contributed by atoms with Crippen LogP contribution in [-0.2, 0) is 6.42 Å². The van der Waals surface area contributed by atoms with Gasteiger partial charge in [0.15, 0.2) is 0 Å². The number of aldehydes is 1. The first kappa shape index (κ1) is 15.3. The smallest absolute Gasteiger partial charge is 0.419 e. The van der Waals surface area contributed by atoms with Gasteiger partial charge in [0.25, 0.3) is 0 Å². The summed E-state index contributed by atoms with van der Waals surface area (Å²) in [5, 5.41) is 10.1. The number of ether oxygens (including phenoxy) is 1. The summed E-state index contributed by atoms with van der Waals surface area (Å²) in [6, 6.07) is 5.51. The Hall–Kier alpha value is -2.08. The molecule has 1 aromatic rings. The molecule has 1 saturated heterocycles. The van der Waals surface area contributed by atoms with Crippen LogP contribution in [0.25, 0.3) is 0 Å². The Kier molecular flexibility index (Phi) is 5.57. The molecule has 1 fully saturated rings. The maximum Gasteiger partial charge on any atom is 0.419 e. The van der Waals surface area contributed by atoms with Crippen LogP contribution in [0.15, 0.2) is 18.2 Å². The number of amides is 1. The highest BCUT2D eigenvalue weighted by Crippen LogP contribution is 2.25. The molecule has 3 rings (SSSR count). The van der Waals surface area contributed by atoms with Crippen molar-refractivity contribution in [2.45, 2.75) is 25.7 Å². The van der Waals surface area contributed by atoms with E-state index in [-0.39, 0.29) is 0 Å². The van der Waals surface area contributed by atoms with E-state index in [2.05, 4.69) is 5.43 Å². The average Bonchev–Trinajstić information content (AvgIpc) is 2.95. The third kappa shape index (κ3) is 4.75. The summed E-state index contributed by atoms with van der Waals surface area (Å²) < 4.78 is 5.28. The number of carboxylic acid groups (broad SMARTS) is 1. The Morgan fingerprint density at radius 2 is 2.05 bits per heavy atom. The van der Waals surface area contributed by atoms with Crippen molar-refractivity contribution in [1.82, 2.24) is 10.4 Å². The van der Waals surface area contributed by atoms with Gasteiger partial charge in [-0.05, 0) is 36.6 Å². The number of piperidine rings is 1. The average molecular weight is 292 g/mol. The minimum Gasteiger partial charge on any atom is -0.493 e. The van der Waals surface area contributed by atoms with Crippen molar-refractivity contribution in [3.8, 4) is 5.75 Å². The third-order valence-electron chi connectivity index (χ3n) is 3.46. The monoisotopic (exact) mass is 292 g/mol. The fourth-order valence-corrected chi connectivity index (χ4v) is 2.42. The first-order valence-electron chi connectivity index (χ1n) is 7.14. The number of carbonyl (C=O) groups excluding carboxylic acids is 1. The number of hydrogen-bond acceptors (Lipinski definition) is 4. The van der Waals surface area contributed by atoms with E-state index in [0.717, 1.165) is 62.1 Å². The normalized spacial score (nSPS) is 17.0. The molecule has 0 aromatic heterocycles. The number of carbonyl (C=O) groups is 2. The highest BCUT2D eigenvalue weighted by molar-refractivity contribution is 5.75. The SMILES string of the molecule is O=C(O)NN1CCCCC1.O=Cc1ccc2c(c1)CCO2. The molecular formula is C15H20N2O4. The summed E-state index contributed by atoms with van der Waals surface area (Å²) >= 11 is 0. The highest BCUT2D eigenvalue weighted by atomic mass is 16.5. The van der Waals surface area contributed by atoms with E-state index in [1.165, 1.54) is 6.42 Å². The molecule has 1 amide bonds. The van der Waals surface area contributed by atoms with Gasteiger partial charge in [-0.25, -0.2) is 9.80 Å². The van der Waals surface area contributed by atoms with Gasteiger partial charge in [0.2, 0.25) is 0 Å². The summed E-state index contributed by atoms with van der Waals surface area (Å²) in [4.78, 5) is 20.5. The van der Waals surface area contributed by atoms with E-state index in [1.807, 2.05) is 12.1 Å². The number of hydrazine groups is 1. The molecule has 2 heterocycles. The molecule has 1 aromatic carbocycles. The fraction of sp³-hybridized carbons (Fsp3) is 0.467. The number of nitrogens with zero attached hydrogens (tertiary/aromatic N) is 1. The number of rotatable bonds is 2. The van der Waals surface area contributed by atoms with Gasteiger partial charge in [0, 0.05) is 25.1 Å². The van der Waals surface area contributed by atoms with Crippen LogP contribution in [0.1, 0.15) is 35.2 Å². The first-order valence-corrected chi connectivity index (χ1v) is 7.14. The molecule has 0 bridgehead atoms. The van der Waals surface area contributed by atoms with Crippen molar-refractivity contribution < 1.29 is 19.4 Å². The lowest BCUT2D eigenvalue weighted by Crippen LogP contribution is -2.44. The Labute approximate surface area is 123 Å². The molecule has 2 aliphatic rings. The van der Waals surface area contributed by atoms with Gasteiger partial charge in [-0.2, -0.15) is 0 Å². The predicted octanol–water partition coefficient (Wildman–Crippen LogP) is 2.09. The van der Waals surface area contributed by atoms with Crippen molar-refractivity contribution in [2.24, 2.45) is 0 Å². The second-order valence-electron chi connectivity index (χ2n) is 5.05. The molecule has 21 heavy (non-hydrogen) atoms. The van der Waals surface area contributed by atoms with Gasteiger partial charge < -0.3 is 9.84 Å². The molecule has 6 nitrogen and oxygen atoms in total. The first-order chi connectivity index (χ1) is 10.2. The summed E-state index contributed by atoms with van der Waals surface area (Å²) in [5.74, 6) is 0.926. The van der Waals surface area contributed by atoms with Crippen molar-refractivity contribution in [1.29, 1.82) is 0 Å². The van der Waals surface area contributed by atoms with Crippen LogP contribution in [0.2, 0.25) is 0 Å². The molecule has 0 radical (unpaired) electrons. The summed E-state index contributed by atoms with van der Waals surface area (Å²) in [6.45, 7) is 2.45. The number of benzene rings is 1. The zero-order valence-corrected chi connectivity index (χ0v) is 11.9. The number of fused-ring (bicyclic) bond motifs is 1. The minimum atomic E-state index is -0.957. The van der Waals surface area contributed by atoms with Crippen molar-refractivity contribution in [3.05, 3.63) is 29.3 Å². The molecule has 2 N–H and O–H groups in total. The quantitative estimate of drug-likeness (QED) is 0.816. The molecular weight excluding hydrogens is 272 g/mol. The molecule has 0 spiro atoms. The van der Waals surface area contributed by atoms with Gasteiger partial charge in [-0.1, -0.05) is 6.42 Å². The highest BCUT2D eigenvalue weighted by Gasteiger charge is 2.11. The third-order valence-corrected chi connectivity index (χ3v) is 3.46. The molecule has 0 aliphatic carbocycles. The maximum atomic E-state index is 10.4. The zero-order valence-electron chi connectivity index (χ0n) is 11.9. The van der Waals surface area contributed by atoms with Crippen molar-refractivity contribution in [2.75, 3.05) is 19.7 Å². The van der Waals surface area contributed by atoms with Gasteiger partial charge in [-0.15, -0.1) is 0 Å². The molecule has 0 atom stereocenters. The molecule has 6 heteroatoms. The standard InChI is InChI=1S/C9H8O2.C6H12N2O2/c10-6-7-1-2-9-8(5-7)3-4-11-9;9-6(10)7-8-4-2-1-3-5-8/h1-2,5-6H,3-4H2;7H,1-5H2,(H,9,10). The Morgan fingerprint density at radius 3 is 2.71 bits per heavy atom. The lowest BCUT2D eigenvalue weighted by Gasteiger charge is -2.24. The van der Waals surface area contributed by atoms with Gasteiger partial charge >= 0.3 is 6.09 Å². The van der Waals surface area contributed by atoms with Crippen LogP contribution in [0.3, 0.4) is 0 Å². The Morgan fingerprint density at radius 1 is 1.29 bits per heavy atom.